The molecule has 1 aromatic rings. The Morgan fingerprint density at radius 1 is 1.55 bits per heavy atom. The van der Waals surface area contributed by atoms with Crippen LogP contribution in [-0.4, -0.2) is 44.6 Å². The summed E-state index contributed by atoms with van der Waals surface area (Å²) < 4.78 is 0. The van der Waals surface area contributed by atoms with Crippen LogP contribution in [0.4, 0.5) is 0 Å². The number of aliphatic hydroxyl groups is 1. The minimum Gasteiger partial charge on any atom is -0.387 e. The van der Waals surface area contributed by atoms with Gasteiger partial charge in [-0.05, 0) is 25.7 Å². The second kappa shape index (κ2) is 4.67. The highest BCUT2D eigenvalue weighted by Crippen LogP contribution is 2.47. The second-order valence-corrected chi connectivity index (χ2v) is 6.37. The highest BCUT2D eigenvalue weighted by atomic mass is 35.5. The van der Waals surface area contributed by atoms with Crippen molar-refractivity contribution in [2.75, 3.05) is 13.1 Å². The van der Waals surface area contributed by atoms with Crippen LogP contribution in [0.1, 0.15) is 36.1 Å². The van der Waals surface area contributed by atoms with Gasteiger partial charge in [0.25, 0.3) is 5.91 Å². The Hall–Kier alpha value is -1.20. The maximum absolute atomic E-state index is 12.5. The van der Waals surface area contributed by atoms with Crippen molar-refractivity contribution in [3.05, 3.63) is 22.7 Å². The molecule has 1 saturated heterocycles. The monoisotopic (exact) mass is 295 g/mol. The summed E-state index contributed by atoms with van der Waals surface area (Å²) in [6.45, 7) is 4.64. The van der Waals surface area contributed by atoms with Gasteiger partial charge in [-0.1, -0.05) is 18.5 Å². The molecule has 0 spiro atoms. The Kier molecular flexibility index (Phi) is 3.21. The van der Waals surface area contributed by atoms with E-state index in [1.54, 1.807) is 11.8 Å². The highest BCUT2D eigenvalue weighted by molar-refractivity contribution is 6.33. The Bertz CT molecular complexity index is 561. The van der Waals surface area contributed by atoms with E-state index < -0.39 is 5.60 Å². The third-order valence-electron chi connectivity index (χ3n) is 4.43. The van der Waals surface area contributed by atoms with E-state index in [9.17, 15) is 9.90 Å². The molecular formula is C14H18ClN3O2. The Balaban J connectivity index is 1.83. The minimum atomic E-state index is -0.746. The average molecular weight is 296 g/mol. The topological polar surface area (TPSA) is 66.3 Å². The summed E-state index contributed by atoms with van der Waals surface area (Å²) in [6.07, 6.45) is 3.55. The fraction of sp³-hybridized carbons (Fsp3) is 0.643. The number of hydrogen-bond acceptors (Lipinski definition) is 4. The summed E-state index contributed by atoms with van der Waals surface area (Å²) in [5.41, 5.74) is -0.518. The smallest absolute Gasteiger partial charge is 0.274 e. The van der Waals surface area contributed by atoms with Crippen molar-refractivity contribution in [1.82, 2.24) is 14.9 Å². The molecule has 1 amide bonds. The van der Waals surface area contributed by atoms with Gasteiger partial charge in [0.2, 0.25) is 0 Å². The molecule has 2 heterocycles. The van der Waals surface area contributed by atoms with Crippen molar-refractivity contribution in [1.29, 1.82) is 0 Å². The molecule has 1 saturated carbocycles. The fourth-order valence-electron chi connectivity index (χ4n) is 3.04. The maximum Gasteiger partial charge on any atom is 0.274 e. The number of aryl methyl sites for hydroxylation is 1. The van der Waals surface area contributed by atoms with Gasteiger partial charge in [-0.3, -0.25) is 4.79 Å². The van der Waals surface area contributed by atoms with Gasteiger partial charge in [0.05, 0.1) is 23.4 Å². The Morgan fingerprint density at radius 3 is 2.90 bits per heavy atom. The van der Waals surface area contributed by atoms with Gasteiger partial charge < -0.3 is 10.0 Å². The Morgan fingerprint density at radius 2 is 2.25 bits per heavy atom. The van der Waals surface area contributed by atoms with E-state index in [-0.39, 0.29) is 22.5 Å². The molecule has 2 atom stereocenters. The van der Waals surface area contributed by atoms with Crippen molar-refractivity contribution in [2.45, 2.75) is 32.3 Å². The van der Waals surface area contributed by atoms with E-state index in [2.05, 4.69) is 9.97 Å². The van der Waals surface area contributed by atoms with Crippen molar-refractivity contribution in [2.24, 2.45) is 11.8 Å². The number of halogens is 1. The lowest BCUT2D eigenvalue weighted by Gasteiger charge is -2.26. The number of aromatic nitrogens is 2. The average Bonchev–Trinajstić information content (AvgIpc) is 3.20. The first-order chi connectivity index (χ1) is 9.41. The normalized spacial score (nSPS) is 29.8. The van der Waals surface area contributed by atoms with Gasteiger partial charge in [-0.15, -0.1) is 0 Å². The molecule has 0 aromatic carbocycles. The SMILES string of the molecule is Cc1ncc(Cl)c(C(=O)N2C[C@H](C)[C@@](O)(C3CC3)C2)n1. The number of hydrogen-bond donors (Lipinski definition) is 1. The molecule has 108 valence electrons. The van der Waals surface area contributed by atoms with Crippen LogP contribution >= 0.6 is 11.6 Å². The molecule has 0 radical (unpaired) electrons. The quantitative estimate of drug-likeness (QED) is 0.901. The molecule has 1 aliphatic carbocycles. The first-order valence-corrected chi connectivity index (χ1v) is 7.30. The molecule has 3 rings (SSSR count). The lowest BCUT2D eigenvalue weighted by Crippen LogP contribution is -2.40. The van der Waals surface area contributed by atoms with Gasteiger partial charge in [0.15, 0.2) is 5.69 Å². The number of carbonyl (C=O) groups is 1. The van der Waals surface area contributed by atoms with Crippen molar-refractivity contribution in [3.63, 3.8) is 0 Å². The summed E-state index contributed by atoms with van der Waals surface area (Å²) in [5.74, 6) is 0.713. The van der Waals surface area contributed by atoms with E-state index in [1.807, 2.05) is 6.92 Å². The molecule has 0 bridgehead atoms. The van der Waals surface area contributed by atoms with Crippen LogP contribution in [0.15, 0.2) is 6.20 Å². The fourth-order valence-corrected chi connectivity index (χ4v) is 3.21. The van der Waals surface area contributed by atoms with Crippen LogP contribution in [-0.2, 0) is 0 Å². The van der Waals surface area contributed by atoms with Crippen LogP contribution < -0.4 is 0 Å². The molecule has 5 nitrogen and oxygen atoms in total. The number of rotatable bonds is 2. The molecule has 6 heteroatoms. The number of carbonyl (C=O) groups excluding carboxylic acids is 1. The largest absolute Gasteiger partial charge is 0.387 e. The summed E-state index contributed by atoms with van der Waals surface area (Å²) >= 11 is 6.02. The number of nitrogens with zero attached hydrogens (tertiary/aromatic N) is 3. The molecule has 20 heavy (non-hydrogen) atoms. The number of likely N-dealkylation sites (tertiary alicyclic amines) is 1. The van der Waals surface area contributed by atoms with Crippen LogP contribution in [0.2, 0.25) is 5.02 Å². The van der Waals surface area contributed by atoms with E-state index in [4.69, 9.17) is 11.6 Å². The van der Waals surface area contributed by atoms with Gasteiger partial charge in [-0.2, -0.15) is 0 Å². The summed E-state index contributed by atoms with van der Waals surface area (Å²) in [6, 6.07) is 0. The zero-order valence-electron chi connectivity index (χ0n) is 11.6. The van der Waals surface area contributed by atoms with Crippen LogP contribution in [0.5, 0.6) is 0 Å². The van der Waals surface area contributed by atoms with Gasteiger partial charge in [0, 0.05) is 12.5 Å². The number of amides is 1. The molecule has 2 aliphatic rings. The molecule has 1 N–H and O–H groups in total. The predicted octanol–water partition coefficient (Wildman–Crippen LogP) is 1.67. The second-order valence-electron chi connectivity index (χ2n) is 5.97. The molecular weight excluding hydrogens is 278 g/mol. The predicted molar refractivity (Wildman–Crippen MR) is 74.5 cm³/mol. The van der Waals surface area contributed by atoms with Gasteiger partial charge >= 0.3 is 0 Å². The number of β-amino-alcohol motifs (C(OH)–C–C–N with tert-alkyl or cyclic N) is 1. The first kappa shape index (κ1) is 13.8. The third-order valence-corrected chi connectivity index (χ3v) is 4.71. The molecule has 1 aliphatic heterocycles. The van der Waals surface area contributed by atoms with Crippen molar-refractivity contribution >= 4 is 17.5 Å². The zero-order valence-corrected chi connectivity index (χ0v) is 12.4. The summed E-state index contributed by atoms with van der Waals surface area (Å²) in [5, 5.41) is 11.0. The summed E-state index contributed by atoms with van der Waals surface area (Å²) in [7, 11) is 0. The zero-order chi connectivity index (χ0) is 14.5. The molecule has 0 unspecified atom stereocenters. The van der Waals surface area contributed by atoms with Gasteiger partial charge in [0.1, 0.15) is 5.82 Å². The van der Waals surface area contributed by atoms with E-state index >= 15 is 0 Å². The van der Waals surface area contributed by atoms with Crippen LogP contribution in [0.25, 0.3) is 0 Å². The van der Waals surface area contributed by atoms with Crippen LogP contribution in [0.3, 0.4) is 0 Å². The van der Waals surface area contributed by atoms with E-state index in [0.29, 0.717) is 24.8 Å². The van der Waals surface area contributed by atoms with Crippen molar-refractivity contribution in [3.8, 4) is 0 Å². The van der Waals surface area contributed by atoms with Crippen LogP contribution in [0, 0.1) is 18.8 Å². The Labute approximate surface area is 123 Å². The summed E-state index contributed by atoms with van der Waals surface area (Å²) in [4.78, 5) is 22.3. The third kappa shape index (κ3) is 2.19. The van der Waals surface area contributed by atoms with Gasteiger partial charge in [-0.25, -0.2) is 9.97 Å². The molecule has 1 aromatic heterocycles. The highest BCUT2D eigenvalue weighted by Gasteiger charge is 2.53. The lowest BCUT2D eigenvalue weighted by molar-refractivity contribution is -0.00367. The standard InChI is InChI=1S/C14H18ClN3O2/c1-8-6-18(7-14(8,20)10-3-4-10)13(19)12-11(15)5-16-9(2)17-12/h5,8,10,20H,3-4,6-7H2,1-2H3/t8-,14+/m0/s1. The first-order valence-electron chi connectivity index (χ1n) is 6.92. The maximum atomic E-state index is 12.5. The van der Waals surface area contributed by atoms with E-state index in [0.717, 1.165) is 12.8 Å². The van der Waals surface area contributed by atoms with E-state index in [1.165, 1.54) is 6.20 Å². The van der Waals surface area contributed by atoms with Crippen molar-refractivity contribution < 1.29 is 9.90 Å². The molecule has 2 fully saturated rings. The minimum absolute atomic E-state index is 0.0839. The lowest BCUT2D eigenvalue weighted by atomic mass is 9.88.